The fourth-order valence-electron chi connectivity index (χ4n) is 3.08. The summed E-state index contributed by atoms with van der Waals surface area (Å²) in [5, 5.41) is 13.9. The van der Waals surface area contributed by atoms with E-state index in [1.807, 2.05) is 36.4 Å². The van der Waals surface area contributed by atoms with Crippen LogP contribution in [0.5, 0.6) is 0 Å². The Kier molecular flexibility index (Phi) is 4.61. The van der Waals surface area contributed by atoms with Crippen LogP contribution in [0.1, 0.15) is 18.4 Å². The quantitative estimate of drug-likeness (QED) is 0.749. The SMILES string of the molecule is O=C(Cc1ccc(N2CCCC2=O)cc1)Nc1ccc(-n2cnnn2)cc1. The molecule has 1 N–H and O–H groups in total. The molecule has 0 aliphatic carbocycles. The zero-order valence-corrected chi connectivity index (χ0v) is 14.6. The molecule has 2 heterocycles. The van der Waals surface area contributed by atoms with Crippen LogP contribution in [-0.4, -0.2) is 38.6 Å². The molecule has 0 atom stereocenters. The fraction of sp³-hybridized carbons (Fsp3) is 0.211. The van der Waals surface area contributed by atoms with Gasteiger partial charge in [0.25, 0.3) is 0 Å². The number of benzene rings is 2. The van der Waals surface area contributed by atoms with Crippen molar-refractivity contribution in [2.24, 2.45) is 0 Å². The summed E-state index contributed by atoms with van der Waals surface area (Å²) in [5.41, 5.74) is 3.30. The van der Waals surface area contributed by atoms with E-state index >= 15 is 0 Å². The van der Waals surface area contributed by atoms with Crippen molar-refractivity contribution in [1.29, 1.82) is 0 Å². The van der Waals surface area contributed by atoms with Gasteiger partial charge in [-0.25, -0.2) is 4.68 Å². The van der Waals surface area contributed by atoms with Gasteiger partial charge in [-0.15, -0.1) is 5.10 Å². The maximum atomic E-state index is 12.3. The van der Waals surface area contributed by atoms with E-state index in [0.29, 0.717) is 12.1 Å². The van der Waals surface area contributed by atoms with Gasteiger partial charge >= 0.3 is 0 Å². The molecule has 8 nitrogen and oxygen atoms in total. The molecule has 0 spiro atoms. The number of nitrogens with zero attached hydrogens (tertiary/aromatic N) is 5. The van der Waals surface area contributed by atoms with Gasteiger partial charge in [0.05, 0.1) is 12.1 Å². The van der Waals surface area contributed by atoms with Crippen LogP contribution in [0.15, 0.2) is 54.9 Å². The Morgan fingerprint density at radius 3 is 2.41 bits per heavy atom. The lowest BCUT2D eigenvalue weighted by atomic mass is 10.1. The highest BCUT2D eigenvalue weighted by molar-refractivity contribution is 5.95. The summed E-state index contributed by atoms with van der Waals surface area (Å²) >= 11 is 0. The molecule has 0 bridgehead atoms. The maximum Gasteiger partial charge on any atom is 0.228 e. The van der Waals surface area contributed by atoms with Crippen molar-refractivity contribution in [2.45, 2.75) is 19.3 Å². The standard InChI is InChI=1S/C19H18N6O2/c26-18(21-15-5-9-17(10-6-15)25-13-20-22-23-25)12-14-3-7-16(8-4-14)24-11-1-2-19(24)27/h3-10,13H,1-2,11-12H2,(H,21,26). The van der Waals surface area contributed by atoms with Crippen LogP contribution in [0.25, 0.3) is 5.69 Å². The van der Waals surface area contributed by atoms with Crippen molar-refractivity contribution in [3.63, 3.8) is 0 Å². The van der Waals surface area contributed by atoms with Crippen LogP contribution < -0.4 is 10.2 Å². The van der Waals surface area contributed by atoms with Gasteiger partial charge in [-0.2, -0.15) is 0 Å². The van der Waals surface area contributed by atoms with Gasteiger partial charge in [0, 0.05) is 24.3 Å². The molecule has 8 heteroatoms. The maximum absolute atomic E-state index is 12.3. The average molecular weight is 362 g/mol. The molecule has 0 saturated carbocycles. The number of amides is 2. The Morgan fingerprint density at radius 1 is 1.04 bits per heavy atom. The first kappa shape index (κ1) is 16.9. The molecule has 1 aliphatic rings. The van der Waals surface area contributed by atoms with Crippen LogP contribution in [-0.2, 0) is 16.0 Å². The van der Waals surface area contributed by atoms with Crippen molar-refractivity contribution in [3.05, 3.63) is 60.4 Å². The minimum absolute atomic E-state index is 0.102. The summed E-state index contributed by atoms with van der Waals surface area (Å²) in [6.45, 7) is 0.763. The van der Waals surface area contributed by atoms with Crippen LogP contribution >= 0.6 is 0 Å². The Labute approximate surface area is 155 Å². The molecular formula is C19H18N6O2. The van der Waals surface area contributed by atoms with Gasteiger partial charge in [0.2, 0.25) is 11.8 Å². The third-order valence-corrected chi connectivity index (χ3v) is 4.45. The van der Waals surface area contributed by atoms with E-state index in [2.05, 4.69) is 20.8 Å². The van der Waals surface area contributed by atoms with Gasteiger partial charge in [-0.1, -0.05) is 12.1 Å². The van der Waals surface area contributed by atoms with Crippen LogP contribution in [0, 0.1) is 0 Å². The molecule has 2 amide bonds. The first-order chi connectivity index (χ1) is 13.2. The number of nitrogens with one attached hydrogen (secondary N) is 1. The summed E-state index contributed by atoms with van der Waals surface area (Å²) in [6.07, 6.45) is 3.28. The topological polar surface area (TPSA) is 93.0 Å². The lowest BCUT2D eigenvalue weighted by Gasteiger charge is -2.15. The number of rotatable bonds is 5. The number of carbonyl (C=O) groups excluding carboxylic acids is 2. The number of tetrazole rings is 1. The smallest absolute Gasteiger partial charge is 0.228 e. The number of hydrogen-bond donors (Lipinski definition) is 1. The summed E-state index contributed by atoms with van der Waals surface area (Å²) in [7, 11) is 0. The van der Waals surface area contributed by atoms with Crippen molar-refractivity contribution >= 4 is 23.2 Å². The molecule has 1 aliphatic heterocycles. The van der Waals surface area contributed by atoms with E-state index in [0.717, 1.165) is 29.9 Å². The summed E-state index contributed by atoms with van der Waals surface area (Å²) in [5.74, 6) is 0.0563. The van der Waals surface area contributed by atoms with Crippen molar-refractivity contribution in [1.82, 2.24) is 20.2 Å². The van der Waals surface area contributed by atoms with E-state index in [-0.39, 0.29) is 18.2 Å². The average Bonchev–Trinajstić information content (AvgIpc) is 3.35. The molecule has 1 saturated heterocycles. The molecule has 3 aromatic rings. The van der Waals surface area contributed by atoms with Gasteiger partial charge in [-0.05, 0) is 58.8 Å². The van der Waals surface area contributed by atoms with Gasteiger partial charge in [0.15, 0.2) is 0 Å². The van der Waals surface area contributed by atoms with Gasteiger partial charge in [-0.3, -0.25) is 9.59 Å². The molecule has 1 fully saturated rings. The molecular weight excluding hydrogens is 344 g/mol. The monoisotopic (exact) mass is 362 g/mol. The van der Waals surface area contributed by atoms with Crippen LogP contribution in [0.2, 0.25) is 0 Å². The second kappa shape index (κ2) is 7.36. The Balaban J connectivity index is 1.35. The van der Waals surface area contributed by atoms with E-state index < -0.39 is 0 Å². The lowest BCUT2D eigenvalue weighted by Crippen LogP contribution is -2.23. The first-order valence-electron chi connectivity index (χ1n) is 8.72. The Bertz CT molecular complexity index is 935. The predicted molar refractivity (Wildman–Crippen MR) is 99.5 cm³/mol. The minimum Gasteiger partial charge on any atom is -0.326 e. The molecule has 0 radical (unpaired) electrons. The van der Waals surface area contributed by atoms with Crippen molar-refractivity contribution in [2.75, 3.05) is 16.8 Å². The predicted octanol–water partition coefficient (Wildman–Crippen LogP) is 1.97. The molecule has 136 valence electrons. The Hall–Kier alpha value is -3.55. The number of hydrogen-bond acceptors (Lipinski definition) is 5. The van der Waals surface area contributed by atoms with Crippen molar-refractivity contribution in [3.8, 4) is 5.69 Å². The second-order valence-electron chi connectivity index (χ2n) is 6.34. The highest BCUT2D eigenvalue weighted by atomic mass is 16.2. The minimum atomic E-state index is -0.102. The molecule has 27 heavy (non-hydrogen) atoms. The van der Waals surface area contributed by atoms with Gasteiger partial charge in [0.1, 0.15) is 6.33 Å². The highest BCUT2D eigenvalue weighted by Crippen LogP contribution is 2.22. The number of aromatic nitrogens is 4. The highest BCUT2D eigenvalue weighted by Gasteiger charge is 2.21. The molecule has 4 rings (SSSR count). The molecule has 1 aromatic heterocycles. The molecule has 0 unspecified atom stereocenters. The zero-order valence-electron chi connectivity index (χ0n) is 14.6. The molecule has 2 aromatic carbocycles. The van der Waals surface area contributed by atoms with Crippen molar-refractivity contribution < 1.29 is 9.59 Å². The largest absolute Gasteiger partial charge is 0.326 e. The lowest BCUT2D eigenvalue weighted by molar-refractivity contribution is -0.117. The fourth-order valence-corrected chi connectivity index (χ4v) is 3.08. The summed E-state index contributed by atoms with van der Waals surface area (Å²) < 4.78 is 1.54. The number of anilines is 2. The van der Waals surface area contributed by atoms with E-state index in [1.165, 1.54) is 11.0 Å². The first-order valence-corrected chi connectivity index (χ1v) is 8.72. The van der Waals surface area contributed by atoms with E-state index in [1.54, 1.807) is 17.0 Å². The van der Waals surface area contributed by atoms with E-state index in [9.17, 15) is 9.59 Å². The van der Waals surface area contributed by atoms with Crippen LogP contribution in [0.3, 0.4) is 0 Å². The second-order valence-corrected chi connectivity index (χ2v) is 6.34. The third-order valence-electron chi connectivity index (χ3n) is 4.45. The van der Waals surface area contributed by atoms with E-state index in [4.69, 9.17) is 0 Å². The van der Waals surface area contributed by atoms with Crippen LogP contribution in [0.4, 0.5) is 11.4 Å². The van der Waals surface area contributed by atoms with Gasteiger partial charge < -0.3 is 10.2 Å². The Morgan fingerprint density at radius 2 is 1.78 bits per heavy atom. The zero-order chi connectivity index (χ0) is 18.6. The normalized spacial score (nSPS) is 13.8. The summed E-state index contributed by atoms with van der Waals surface area (Å²) in [6, 6.07) is 14.8. The summed E-state index contributed by atoms with van der Waals surface area (Å²) in [4.78, 5) is 25.9. The third kappa shape index (κ3) is 3.84. The number of carbonyl (C=O) groups is 2.